The number of carbonyl (C=O) groups excluding carboxylic acids is 2. The highest BCUT2D eigenvalue weighted by Gasteiger charge is 2.28. The fourth-order valence-electron chi connectivity index (χ4n) is 4.38. The molecule has 210 valence electrons. The SMILES string of the molecule is Cc1c(-c2ccc(OCCNCCC(C)C)cc2)sc2nc(-c3cccs3)nc(N(C)C3=CC(=O)NC3=O)c12.Cl. The molecule has 0 saturated heterocycles. The van der Waals surface area contributed by atoms with Crippen molar-refractivity contribution in [3.63, 3.8) is 0 Å². The second-order valence-corrected chi connectivity index (χ2v) is 11.7. The van der Waals surface area contributed by atoms with Crippen LogP contribution in [0.3, 0.4) is 0 Å². The van der Waals surface area contributed by atoms with E-state index >= 15 is 0 Å². The van der Waals surface area contributed by atoms with Gasteiger partial charge in [-0.25, -0.2) is 9.97 Å². The van der Waals surface area contributed by atoms with E-state index in [4.69, 9.17) is 14.7 Å². The first kappa shape index (κ1) is 29.7. The van der Waals surface area contributed by atoms with Crippen molar-refractivity contribution in [2.45, 2.75) is 27.2 Å². The number of rotatable bonds is 11. The zero-order valence-electron chi connectivity index (χ0n) is 22.8. The topological polar surface area (TPSA) is 96.4 Å². The third-order valence-electron chi connectivity index (χ3n) is 6.49. The molecule has 3 aromatic heterocycles. The molecule has 0 aliphatic carbocycles. The minimum Gasteiger partial charge on any atom is -0.492 e. The number of fused-ring (bicyclic) bond motifs is 1. The number of anilines is 1. The van der Waals surface area contributed by atoms with Crippen LogP contribution in [0.1, 0.15) is 25.8 Å². The number of halogens is 1. The van der Waals surface area contributed by atoms with E-state index in [2.05, 4.69) is 36.6 Å². The van der Waals surface area contributed by atoms with Crippen molar-refractivity contribution >= 4 is 62.9 Å². The molecule has 4 aromatic rings. The van der Waals surface area contributed by atoms with Gasteiger partial charge in [0.1, 0.15) is 28.7 Å². The molecule has 8 nitrogen and oxygen atoms in total. The Bertz CT molecular complexity index is 1530. The van der Waals surface area contributed by atoms with Crippen molar-refractivity contribution < 1.29 is 14.3 Å². The van der Waals surface area contributed by atoms with E-state index in [9.17, 15) is 9.59 Å². The minimum atomic E-state index is -0.439. The van der Waals surface area contributed by atoms with Gasteiger partial charge < -0.3 is 15.0 Å². The predicted octanol–water partition coefficient (Wildman–Crippen LogP) is 5.81. The van der Waals surface area contributed by atoms with Gasteiger partial charge in [-0.3, -0.25) is 14.9 Å². The van der Waals surface area contributed by atoms with Gasteiger partial charge >= 0.3 is 0 Å². The van der Waals surface area contributed by atoms with Gasteiger partial charge in [-0.15, -0.1) is 35.1 Å². The third kappa shape index (κ3) is 6.36. The molecule has 5 rings (SSSR count). The molecule has 11 heteroatoms. The molecule has 4 heterocycles. The molecule has 0 atom stereocenters. The van der Waals surface area contributed by atoms with Crippen LogP contribution in [0.2, 0.25) is 0 Å². The zero-order chi connectivity index (χ0) is 27.5. The first-order chi connectivity index (χ1) is 18.8. The molecule has 0 unspecified atom stereocenters. The van der Waals surface area contributed by atoms with Gasteiger partial charge in [-0.2, -0.15) is 0 Å². The molecule has 0 saturated carbocycles. The Morgan fingerprint density at radius 1 is 1.10 bits per heavy atom. The lowest BCUT2D eigenvalue weighted by Gasteiger charge is -2.19. The number of aromatic nitrogens is 2. The van der Waals surface area contributed by atoms with Gasteiger partial charge in [0, 0.05) is 24.5 Å². The Labute approximate surface area is 247 Å². The van der Waals surface area contributed by atoms with Gasteiger partial charge in [0.05, 0.1) is 10.3 Å². The number of nitrogens with zero attached hydrogens (tertiary/aromatic N) is 3. The summed E-state index contributed by atoms with van der Waals surface area (Å²) < 4.78 is 5.92. The standard InChI is InChI=1S/C29H31N5O3S2.ClH/c1-17(2)11-12-30-13-14-37-20-9-7-19(8-10-20)25-18(3)24-27(34(4)21-16-23(35)31-28(21)36)32-26(33-29(24)39-25)22-6-5-15-38-22;/h5-10,15-17,30H,11-14H2,1-4H3,(H,31,35,36);1H. The molecular formula is C29H32ClN5O3S2. The van der Waals surface area contributed by atoms with Crippen LogP contribution in [0.5, 0.6) is 5.75 Å². The number of hydrogen-bond acceptors (Lipinski definition) is 9. The van der Waals surface area contributed by atoms with E-state index < -0.39 is 11.8 Å². The lowest BCUT2D eigenvalue weighted by atomic mass is 10.1. The molecule has 0 radical (unpaired) electrons. The average Bonchev–Trinajstić information content (AvgIpc) is 3.65. The zero-order valence-corrected chi connectivity index (χ0v) is 25.3. The summed E-state index contributed by atoms with van der Waals surface area (Å²) in [5.74, 6) is 1.82. The summed E-state index contributed by atoms with van der Waals surface area (Å²) in [5.41, 5.74) is 2.32. The molecule has 2 N–H and O–H groups in total. The first-order valence-electron chi connectivity index (χ1n) is 12.9. The predicted molar refractivity (Wildman–Crippen MR) is 166 cm³/mol. The Balaban J connectivity index is 0.00000370. The lowest BCUT2D eigenvalue weighted by Crippen LogP contribution is -2.29. The summed E-state index contributed by atoms with van der Waals surface area (Å²) in [7, 11) is 1.75. The molecule has 0 bridgehead atoms. The average molecular weight is 598 g/mol. The minimum absolute atomic E-state index is 0. The number of carbonyl (C=O) groups is 2. The van der Waals surface area contributed by atoms with Crippen molar-refractivity contribution in [1.82, 2.24) is 20.6 Å². The monoisotopic (exact) mass is 597 g/mol. The summed E-state index contributed by atoms with van der Waals surface area (Å²) in [6.45, 7) is 8.91. The summed E-state index contributed by atoms with van der Waals surface area (Å²) in [5, 5.41) is 8.57. The highest BCUT2D eigenvalue weighted by atomic mass is 35.5. The second kappa shape index (κ2) is 12.9. The van der Waals surface area contributed by atoms with Gasteiger partial charge in [0.15, 0.2) is 5.82 Å². The Morgan fingerprint density at radius 3 is 2.52 bits per heavy atom. The highest BCUT2D eigenvalue weighted by Crippen LogP contribution is 2.43. The molecule has 1 aliphatic heterocycles. The number of hydrogen-bond donors (Lipinski definition) is 2. The lowest BCUT2D eigenvalue weighted by molar-refractivity contribution is -0.123. The number of amides is 2. The maximum absolute atomic E-state index is 12.4. The van der Waals surface area contributed by atoms with E-state index in [0.29, 0.717) is 24.2 Å². The molecule has 1 aliphatic rings. The Hall–Kier alpha value is -3.31. The fourth-order valence-corrected chi connectivity index (χ4v) is 6.21. The van der Waals surface area contributed by atoms with Crippen LogP contribution in [0, 0.1) is 12.8 Å². The van der Waals surface area contributed by atoms with E-state index in [1.165, 1.54) is 6.08 Å². The number of nitrogens with one attached hydrogen (secondary N) is 2. The van der Waals surface area contributed by atoms with E-state index in [1.54, 1.807) is 34.6 Å². The third-order valence-corrected chi connectivity index (χ3v) is 8.59. The van der Waals surface area contributed by atoms with Gasteiger partial charge in [-0.1, -0.05) is 19.9 Å². The number of aryl methyl sites for hydroxylation is 1. The Morgan fingerprint density at radius 2 is 1.88 bits per heavy atom. The van der Waals surface area contributed by atoms with Crippen LogP contribution >= 0.6 is 35.1 Å². The molecule has 40 heavy (non-hydrogen) atoms. The maximum atomic E-state index is 12.4. The van der Waals surface area contributed by atoms with Gasteiger partial charge in [-0.05, 0) is 72.6 Å². The maximum Gasteiger partial charge on any atom is 0.274 e. The molecule has 0 spiro atoms. The fraction of sp³-hybridized carbons (Fsp3) is 0.310. The van der Waals surface area contributed by atoms with Crippen LogP contribution < -0.4 is 20.3 Å². The van der Waals surface area contributed by atoms with Crippen LogP contribution in [0.15, 0.2) is 53.6 Å². The number of ether oxygens (including phenoxy) is 1. The number of thiophene rings is 2. The molecule has 2 amide bonds. The molecule has 1 aromatic carbocycles. The second-order valence-electron chi connectivity index (χ2n) is 9.80. The summed E-state index contributed by atoms with van der Waals surface area (Å²) in [6.07, 6.45) is 2.46. The van der Waals surface area contributed by atoms with Crippen LogP contribution in [0.4, 0.5) is 5.82 Å². The summed E-state index contributed by atoms with van der Waals surface area (Å²) in [6, 6.07) is 12.0. The molecular weight excluding hydrogens is 566 g/mol. The number of likely N-dealkylation sites (N-methyl/N-ethyl adjacent to an activating group) is 1. The summed E-state index contributed by atoms with van der Waals surface area (Å²) >= 11 is 3.14. The normalized spacial score (nSPS) is 13.0. The van der Waals surface area contributed by atoms with Crippen molar-refractivity contribution in [2.24, 2.45) is 5.92 Å². The van der Waals surface area contributed by atoms with Crippen molar-refractivity contribution in [3.8, 4) is 26.9 Å². The van der Waals surface area contributed by atoms with Crippen molar-refractivity contribution in [3.05, 3.63) is 59.1 Å². The molecule has 0 fully saturated rings. The van der Waals surface area contributed by atoms with E-state index in [1.807, 2.05) is 36.6 Å². The first-order valence-corrected chi connectivity index (χ1v) is 14.6. The van der Waals surface area contributed by atoms with Crippen molar-refractivity contribution in [1.29, 1.82) is 0 Å². The van der Waals surface area contributed by atoms with Gasteiger partial charge in [0.2, 0.25) is 0 Å². The van der Waals surface area contributed by atoms with Crippen molar-refractivity contribution in [2.75, 3.05) is 31.6 Å². The van der Waals surface area contributed by atoms with E-state index in [0.717, 1.165) is 56.4 Å². The van der Waals surface area contributed by atoms with Crippen LogP contribution in [0.25, 0.3) is 31.4 Å². The quantitative estimate of drug-likeness (QED) is 0.166. The summed E-state index contributed by atoms with van der Waals surface area (Å²) in [4.78, 5) is 38.6. The Kier molecular flexibility index (Phi) is 9.57. The highest BCUT2D eigenvalue weighted by molar-refractivity contribution is 7.22. The smallest absolute Gasteiger partial charge is 0.274 e. The number of benzene rings is 1. The number of imide groups is 1. The van der Waals surface area contributed by atoms with Crippen LogP contribution in [-0.4, -0.2) is 48.5 Å². The largest absolute Gasteiger partial charge is 0.492 e. The van der Waals surface area contributed by atoms with E-state index in [-0.39, 0.29) is 18.1 Å². The van der Waals surface area contributed by atoms with Gasteiger partial charge in [0.25, 0.3) is 11.8 Å². The van der Waals surface area contributed by atoms with Crippen LogP contribution in [-0.2, 0) is 9.59 Å².